The summed E-state index contributed by atoms with van der Waals surface area (Å²) in [5.41, 5.74) is 1.39. The molecule has 3 heterocycles. The van der Waals surface area contributed by atoms with Crippen LogP contribution >= 0.6 is 11.8 Å². The first-order valence-corrected chi connectivity index (χ1v) is 8.82. The van der Waals surface area contributed by atoms with Gasteiger partial charge in [-0.3, -0.25) is 19.0 Å². The summed E-state index contributed by atoms with van der Waals surface area (Å²) in [5.74, 6) is 1.81. The van der Waals surface area contributed by atoms with Crippen molar-refractivity contribution in [3.63, 3.8) is 0 Å². The van der Waals surface area contributed by atoms with Crippen molar-refractivity contribution in [2.45, 2.75) is 18.6 Å². The monoisotopic (exact) mass is 373 g/mol. The van der Waals surface area contributed by atoms with Crippen LogP contribution in [0.3, 0.4) is 0 Å². The Balaban J connectivity index is 1.36. The summed E-state index contributed by atoms with van der Waals surface area (Å²) in [7, 11) is 0. The zero-order valence-electron chi connectivity index (χ0n) is 13.8. The zero-order chi connectivity index (χ0) is 18.1. The number of H-pyrrole nitrogens is 1. The van der Waals surface area contributed by atoms with Crippen molar-refractivity contribution in [3.05, 3.63) is 45.9 Å². The van der Waals surface area contributed by atoms with Gasteiger partial charge in [0.15, 0.2) is 16.7 Å². The van der Waals surface area contributed by atoms with Gasteiger partial charge in [-0.15, -0.1) is 10.2 Å². The average Bonchev–Trinajstić information content (AvgIpc) is 3.24. The maximum atomic E-state index is 12.1. The van der Waals surface area contributed by atoms with E-state index in [1.165, 1.54) is 17.8 Å². The maximum absolute atomic E-state index is 12.1. The molecule has 10 heteroatoms. The second-order valence-electron chi connectivity index (χ2n) is 5.67. The van der Waals surface area contributed by atoms with Crippen LogP contribution in [0.15, 0.2) is 34.2 Å². The summed E-state index contributed by atoms with van der Waals surface area (Å²) in [6.45, 7) is 2.40. The third kappa shape index (κ3) is 3.23. The molecule has 1 aliphatic rings. The number of aromatic amines is 1. The molecule has 1 amide bonds. The molecule has 0 saturated heterocycles. The zero-order valence-corrected chi connectivity index (χ0v) is 14.6. The number of amides is 1. The van der Waals surface area contributed by atoms with Crippen LogP contribution in [0.2, 0.25) is 0 Å². The Labute approximate surface area is 151 Å². The Morgan fingerprint density at radius 1 is 1.31 bits per heavy atom. The Morgan fingerprint density at radius 2 is 2.15 bits per heavy atom. The van der Waals surface area contributed by atoms with Crippen LogP contribution in [0, 0.1) is 6.92 Å². The molecule has 0 radical (unpaired) electrons. The summed E-state index contributed by atoms with van der Waals surface area (Å²) in [6.07, 6.45) is 0. The molecule has 0 saturated carbocycles. The summed E-state index contributed by atoms with van der Waals surface area (Å²) in [6, 6.07) is 7.01. The van der Waals surface area contributed by atoms with E-state index in [0.717, 1.165) is 5.56 Å². The minimum absolute atomic E-state index is 0.133. The number of nitrogens with zero attached hydrogens (tertiary/aromatic N) is 3. The molecule has 1 aromatic carbocycles. The van der Waals surface area contributed by atoms with E-state index >= 15 is 0 Å². The average molecular weight is 373 g/mol. The van der Waals surface area contributed by atoms with Gasteiger partial charge in [-0.1, -0.05) is 17.8 Å². The fourth-order valence-corrected chi connectivity index (χ4v) is 3.42. The predicted molar refractivity (Wildman–Crippen MR) is 93.5 cm³/mol. The van der Waals surface area contributed by atoms with Gasteiger partial charge in [-0.2, -0.15) is 0 Å². The van der Waals surface area contributed by atoms with Crippen molar-refractivity contribution >= 4 is 23.4 Å². The molecule has 2 N–H and O–H groups in total. The lowest BCUT2D eigenvalue weighted by Crippen LogP contribution is -2.24. The summed E-state index contributed by atoms with van der Waals surface area (Å²) in [4.78, 5) is 26.2. The molecule has 134 valence electrons. The van der Waals surface area contributed by atoms with Gasteiger partial charge in [0, 0.05) is 18.3 Å². The highest BCUT2D eigenvalue weighted by Crippen LogP contribution is 2.32. The van der Waals surface area contributed by atoms with Gasteiger partial charge in [0.25, 0.3) is 5.56 Å². The van der Waals surface area contributed by atoms with Gasteiger partial charge in [-0.05, 0) is 24.6 Å². The number of ether oxygens (including phenoxy) is 2. The number of hydrogen-bond donors (Lipinski definition) is 2. The normalized spacial score (nSPS) is 12.5. The summed E-state index contributed by atoms with van der Waals surface area (Å²) in [5, 5.41) is 11.3. The molecule has 0 unspecified atom stereocenters. The summed E-state index contributed by atoms with van der Waals surface area (Å²) >= 11 is 1.25. The number of benzene rings is 1. The lowest BCUT2D eigenvalue weighted by Gasteiger charge is -2.06. The highest BCUT2D eigenvalue weighted by Gasteiger charge is 2.14. The number of carbonyl (C=O) groups is 1. The minimum atomic E-state index is -0.236. The predicted octanol–water partition coefficient (Wildman–Crippen LogP) is 0.863. The Morgan fingerprint density at radius 3 is 3.04 bits per heavy atom. The number of carbonyl (C=O) groups excluding carboxylic acids is 1. The third-order valence-corrected chi connectivity index (χ3v) is 4.75. The van der Waals surface area contributed by atoms with Gasteiger partial charge in [0.1, 0.15) is 0 Å². The maximum Gasteiger partial charge on any atom is 0.252 e. The van der Waals surface area contributed by atoms with Gasteiger partial charge >= 0.3 is 0 Å². The van der Waals surface area contributed by atoms with E-state index in [9.17, 15) is 9.59 Å². The van der Waals surface area contributed by atoms with Crippen LogP contribution in [-0.4, -0.2) is 38.0 Å². The molecular formula is C16H15N5O4S. The van der Waals surface area contributed by atoms with E-state index in [1.54, 1.807) is 11.3 Å². The second kappa shape index (κ2) is 6.71. The first kappa shape index (κ1) is 16.5. The molecule has 9 nitrogen and oxygen atoms in total. The van der Waals surface area contributed by atoms with Crippen LogP contribution in [0.4, 0.5) is 0 Å². The first-order chi connectivity index (χ1) is 12.6. The van der Waals surface area contributed by atoms with Crippen molar-refractivity contribution in [2.24, 2.45) is 0 Å². The number of thioether (sulfide) groups is 1. The Bertz CT molecular complexity index is 1040. The van der Waals surface area contributed by atoms with E-state index < -0.39 is 0 Å². The molecule has 2 aromatic heterocycles. The quantitative estimate of drug-likeness (QED) is 0.638. The Hall–Kier alpha value is -3.01. The molecule has 1 aliphatic heterocycles. The third-order valence-electron chi connectivity index (χ3n) is 3.82. The van der Waals surface area contributed by atoms with Crippen LogP contribution in [-0.2, 0) is 11.3 Å². The molecule has 0 atom stereocenters. The van der Waals surface area contributed by atoms with E-state index in [2.05, 4.69) is 20.5 Å². The molecule has 0 spiro atoms. The molecule has 0 bridgehead atoms. The molecule has 3 aromatic rings. The fourth-order valence-electron chi connectivity index (χ4n) is 2.60. The van der Waals surface area contributed by atoms with Crippen molar-refractivity contribution < 1.29 is 14.3 Å². The molecular weight excluding hydrogens is 358 g/mol. The summed E-state index contributed by atoms with van der Waals surface area (Å²) < 4.78 is 12.3. The molecule has 0 aliphatic carbocycles. The van der Waals surface area contributed by atoms with Crippen LogP contribution in [0.25, 0.3) is 5.78 Å². The molecule has 26 heavy (non-hydrogen) atoms. The highest BCUT2D eigenvalue weighted by molar-refractivity contribution is 7.99. The van der Waals surface area contributed by atoms with Gasteiger partial charge in [-0.25, -0.2) is 0 Å². The van der Waals surface area contributed by atoms with E-state index in [-0.39, 0.29) is 24.0 Å². The SMILES string of the molecule is Cc1cc(=O)[nH]c2nnc(SCC(=O)NCc3ccc4c(c3)OCO4)n12. The van der Waals surface area contributed by atoms with Crippen molar-refractivity contribution in [1.29, 1.82) is 0 Å². The van der Waals surface area contributed by atoms with Crippen LogP contribution < -0.4 is 20.3 Å². The van der Waals surface area contributed by atoms with Crippen molar-refractivity contribution in [2.75, 3.05) is 12.5 Å². The number of aryl methyl sites for hydroxylation is 1. The molecule has 0 fully saturated rings. The van der Waals surface area contributed by atoms with E-state index in [4.69, 9.17) is 9.47 Å². The number of rotatable bonds is 5. The van der Waals surface area contributed by atoms with Crippen molar-refractivity contribution in [3.8, 4) is 11.5 Å². The van der Waals surface area contributed by atoms with E-state index in [0.29, 0.717) is 34.7 Å². The van der Waals surface area contributed by atoms with Gasteiger partial charge in [0.05, 0.1) is 5.75 Å². The van der Waals surface area contributed by atoms with E-state index in [1.807, 2.05) is 18.2 Å². The first-order valence-electron chi connectivity index (χ1n) is 7.83. The molecule has 4 rings (SSSR count). The Kier molecular flexibility index (Phi) is 4.25. The lowest BCUT2D eigenvalue weighted by molar-refractivity contribution is -0.118. The highest BCUT2D eigenvalue weighted by atomic mass is 32.2. The number of nitrogens with one attached hydrogen (secondary N) is 2. The van der Waals surface area contributed by atoms with Crippen LogP contribution in [0.5, 0.6) is 11.5 Å². The van der Waals surface area contributed by atoms with Crippen molar-refractivity contribution in [1.82, 2.24) is 24.9 Å². The second-order valence-corrected chi connectivity index (χ2v) is 6.61. The standard InChI is InChI=1S/C16H15N5O4S/c1-9-4-13(22)18-15-19-20-16(21(9)15)26-7-14(23)17-6-10-2-3-11-12(5-10)25-8-24-11/h2-5H,6-8H2,1H3,(H,17,23)(H,18,19,22). The number of aromatic nitrogens is 4. The smallest absolute Gasteiger partial charge is 0.252 e. The fraction of sp³-hybridized carbons (Fsp3) is 0.250. The minimum Gasteiger partial charge on any atom is -0.454 e. The largest absolute Gasteiger partial charge is 0.454 e. The van der Waals surface area contributed by atoms with Gasteiger partial charge in [0.2, 0.25) is 18.5 Å². The van der Waals surface area contributed by atoms with Crippen LogP contribution in [0.1, 0.15) is 11.3 Å². The number of hydrogen-bond acceptors (Lipinski definition) is 7. The number of fused-ring (bicyclic) bond motifs is 2. The van der Waals surface area contributed by atoms with Gasteiger partial charge < -0.3 is 14.8 Å². The topological polar surface area (TPSA) is 111 Å². The lowest BCUT2D eigenvalue weighted by atomic mass is 10.2.